The van der Waals surface area contributed by atoms with E-state index in [1.54, 1.807) is 62.6 Å². The van der Waals surface area contributed by atoms with Crippen molar-refractivity contribution < 1.29 is 17.9 Å². The number of hydrogen-bond acceptors (Lipinski definition) is 4. The van der Waals surface area contributed by atoms with Crippen LogP contribution >= 0.6 is 0 Å². The van der Waals surface area contributed by atoms with Crippen molar-refractivity contribution in [1.29, 1.82) is 0 Å². The van der Waals surface area contributed by atoms with Crippen LogP contribution in [0.15, 0.2) is 77.7 Å². The molecule has 3 rings (SSSR count). The van der Waals surface area contributed by atoms with Crippen molar-refractivity contribution in [2.75, 3.05) is 11.8 Å². The van der Waals surface area contributed by atoms with Crippen LogP contribution in [0.5, 0.6) is 17.2 Å². The number of nitrogens with one attached hydrogen (secondary N) is 1. The zero-order chi connectivity index (χ0) is 18.6. The first-order valence-corrected chi connectivity index (χ1v) is 9.47. The maximum atomic E-state index is 12.8. The zero-order valence-electron chi connectivity index (χ0n) is 14.5. The topological polar surface area (TPSA) is 64.6 Å². The lowest BCUT2D eigenvalue weighted by molar-refractivity contribution is 0.414. The highest BCUT2D eigenvalue weighted by molar-refractivity contribution is 7.92. The van der Waals surface area contributed by atoms with E-state index in [9.17, 15) is 8.42 Å². The Balaban J connectivity index is 1.91. The summed E-state index contributed by atoms with van der Waals surface area (Å²) >= 11 is 0. The van der Waals surface area contributed by atoms with E-state index in [1.165, 1.54) is 6.07 Å². The van der Waals surface area contributed by atoms with Gasteiger partial charge in [-0.2, -0.15) is 0 Å². The van der Waals surface area contributed by atoms with Crippen LogP contribution in [0.3, 0.4) is 0 Å². The summed E-state index contributed by atoms with van der Waals surface area (Å²) in [6.07, 6.45) is 0. The molecule has 0 saturated heterocycles. The van der Waals surface area contributed by atoms with Gasteiger partial charge >= 0.3 is 0 Å². The minimum Gasteiger partial charge on any atom is -0.497 e. The first-order chi connectivity index (χ1) is 12.5. The molecule has 1 N–H and O–H groups in total. The van der Waals surface area contributed by atoms with Gasteiger partial charge in [0.2, 0.25) is 0 Å². The third-order valence-electron chi connectivity index (χ3n) is 3.77. The van der Waals surface area contributed by atoms with Crippen LogP contribution in [0.4, 0.5) is 5.69 Å². The molecule has 0 bridgehead atoms. The van der Waals surface area contributed by atoms with E-state index >= 15 is 0 Å². The second-order valence-corrected chi connectivity index (χ2v) is 7.30. The first kappa shape index (κ1) is 17.8. The third-order valence-corrected chi connectivity index (χ3v) is 5.30. The van der Waals surface area contributed by atoms with Gasteiger partial charge in [-0.25, -0.2) is 8.42 Å². The Bertz CT molecular complexity index is 1000. The average Bonchev–Trinajstić information content (AvgIpc) is 2.63. The number of ether oxygens (including phenoxy) is 2. The van der Waals surface area contributed by atoms with Gasteiger partial charge in [0.05, 0.1) is 17.7 Å². The summed E-state index contributed by atoms with van der Waals surface area (Å²) in [6, 6.07) is 20.9. The molecule has 0 amide bonds. The monoisotopic (exact) mass is 369 g/mol. The summed E-state index contributed by atoms with van der Waals surface area (Å²) in [6.45, 7) is 1.73. The van der Waals surface area contributed by atoms with Gasteiger partial charge in [-0.05, 0) is 55.0 Å². The van der Waals surface area contributed by atoms with Gasteiger partial charge in [0.25, 0.3) is 10.0 Å². The summed E-state index contributed by atoms with van der Waals surface area (Å²) in [5, 5.41) is 0. The van der Waals surface area contributed by atoms with Crippen LogP contribution in [0, 0.1) is 6.92 Å². The Morgan fingerprint density at radius 3 is 2.23 bits per heavy atom. The molecule has 0 spiro atoms. The van der Waals surface area contributed by atoms with Crippen LogP contribution in [0.1, 0.15) is 5.56 Å². The van der Waals surface area contributed by atoms with Gasteiger partial charge < -0.3 is 9.47 Å². The van der Waals surface area contributed by atoms with E-state index in [1.807, 2.05) is 18.2 Å². The molecule has 6 heteroatoms. The molecular formula is C20H19NO4S. The Kier molecular flexibility index (Phi) is 5.14. The predicted octanol–water partition coefficient (Wildman–Crippen LogP) is 4.60. The number of rotatable bonds is 6. The molecule has 0 aliphatic rings. The molecule has 0 radical (unpaired) electrons. The molecule has 0 saturated carbocycles. The molecule has 3 aromatic rings. The molecule has 134 valence electrons. The summed E-state index contributed by atoms with van der Waals surface area (Å²) in [4.78, 5) is 0.188. The summed E-state index contributed by atoms with van der Waals surface area (Å²) < 4.78 is 39.2. The Morgan fingerprint density at radius 1 is 0.846 bits per heavy atom. The van der Waals surface area contributed by atoms with Gasteiger partial charge in [0.1, 0.15) is 11.5 Å². The fourth-order valence-corrected chi connectivity index (χ4v) is 3.80. The van der Waals surface area contributed by atoms with Crippen molar-refractivity contribution in [1.82, 2.24) is 0 Å². The van der Waals surface area contributed by atoms with Gasteiger partial charge in [-0.3, -0.25) is 4.72 Å². The minimum atomic E-state index is -3.77. The van der Waals surface area contributed by atoms with Crippen molar-refractivity contribution in [3.63, 3.8) is 0 Å². The number of anilines is 1. The van der Waals surface area contributed by atoms with Crippen LogP contribution in [0.2, 0.25) is 0 Å². The van der Waals surface area contributed by atoms with E-state index in [0.717, 1.165) is 0 Å². The van der Waals surface area contributed by atoms with Crippen LogP contribution in [-0.4, -0.2) is 15.5 Å². The highest BCUT2D eigenvalue weighted by Crippen LogP contribution is 2.31. The van der Waals surface area contributed by atoms with E-state index in [0.29, 0.717) is 28.5 Å². The average molecular weight is 369 g/mol. The lowest BCUT2D eigenvalue weighted by Gasteiger charge is -2.15. The molecule has 0 aromatic heterocycles. The molecule has 0 atom stereocenters. The summed E-state index contributed by atoms with van der Waals surface area (Å²) in [7, 11) is -2.23. The van der Waals surface area contributed by atoms with Crippen LogP contribution < -0.4 is 14.2 Å². The maximum Gasteiger partial charge on any atom is 0.262 e. The molecule has 0 unspecified atom stereocenters. The van der Waals surface area contributed by atoms with Gasteiger partial charge in [0, 0.05) is 0 Å². The second kappa shape index (κ2) is 7.49. The Hall–Kier alpha value is -2.99. The first-order valence-electron chi connectivity index (χ1n) is 7.99. The number of hydrogen-bond donors (Lipinski definition) is 1. The van der Waals surface area contributed by atoms with Crippen molar-refractivity contribution in [2.45, 2.75) is 11.8 Å². The fourth-order valence-electron chi connectivity index (χ4n) is 2.51. The highest BCUT2D eigenvalue weighted by atomic mass is 32.2. The number of aryl methyl sites for hydroxylation is 1. The van der Waals surface area contributed by atoms with Gasteiger partial charge in [-0.1, -0.05) is 30.3 Å². The van der Waals surface area contributed by atoms with E-state index in [2.05, 4.69) is 4.72 Å². The smallest absolute Gasteiger partial charge is 0.262 e. The molecule has 0 aliphatic carbocycles. The largest absolute Gasteiger partial charge is 0.497 e. The molecule has 3 aromatic carbocycles. The van der Waals surface area contributed by atoms with Crippen molar-refractivity contribution in [3.8, 4) is 17.2 Å². The third kappa shape index (κ3) is 3.97. The molecule has 0 heterocycles. The van der Waals surface area contributed by atoms with Crippen LogP contribution in [-0.2, 0) is 10.0 Å². The number of sulfonamides is 1. The SMILES string of the molecule is COc1ccc(S(=O)(=O)Nc2ccccc2Oc2ccccc2)c(C)c1. The Labute approximate surface area is 153 Å². The molecule has 5 nitrogen and oxygen atoms in total. The Morgan fingerprint density at radius 2 is 1.54 bits per heavy atom. The highest BCUT2D eigenvalue weighted by Gasteiger charge is 2.19. The molecule has 26 heavy (non-hydrogen) atoms. The van der Waals surface area contributed by atoms with Gasteiger partial charge in [-0.15, -0.1) is 0 Å². The standard InChI is InChI=1S/C20H19NO4S/c1-15-14-17(24-2)12-13-20(15)26(22,23)21-18-10-6-7-11-19(18)25-16-8-4-3-5-9-16/h3-14,21H,1-2H3. The number of methoxy groups -OCH3 is 1. The maximum absolute atomic E-state index is 12.8. The normalized spacial score (nSPS) is 11.0. The molecule has 0 fully saturated rings. The van der Waals surface area contributed by atoms with E-state index < -0.39 is 10.0 Å². The fraction of sp³-hybridized carbons (Fsp3) is 0.100. The van der Waals surface area contributed by atoms with E-state index in [4.69, 9.17) is 9.47 Å². The second-order valence-electron chi connectivity index (χ2n) is 5.65. The summed E-state index contributed by atoms with van der Waals surface area (Å²) in [5.41, 5.74) is 0.963. The number of benzene rings is 3. The van der Waals surface area contributed by atoms with Crippen LogP contribution in [0.25, 0.3) is 0 Å². The lowest BCUT2D eigenvalue weighted by atomic mass is 10.2. The lowest BCUT2D eigenvalue weighted by Crippen LogP contribution is -2.14. The quantitative estimate of drug-likeness (QED) is 0.690. The molecule has 0 aliphatic heterocycles. The van der Waals surface area contributed by atoms with Crippen molar-refractivity contribution >= 4 is 15.7 Å². The van der Waals surface area contributed by atoms with Crippen molar-refractivity contribution in [3.05, 3.63) is 78.4 Å². The predicted molar refractivity (Wildman–Crippen MR) is 101 cm³/mol. The summed E-state index contributed by atoms with van der Waals surface area (Å²) in [5.74, 6) is 1.66. The minimum absolute atomic E-state index is 0.188. The molecular weight excluding hydrogens is 350 g/mol. The zero-order valence-corrected chi connectivity index (χ0v) is 15.3. The van der Waals surface area contributed by atoms with Gasteiger partial charge in [0.15, 0.2) is 5.75 Å². The number of para-hydroxylation sites is 3. The van der Waals surface area contributed by atoms with Crippen molar-refractivity contribution in [2.24, 2.45) is 0 Å². The van der Waals surface area contributed by atoms with E-state index in [-0.39, 0.29) is 4.90 Å².